The topological polar surface area (TPSA) is 58.5 Å². The molecule has 1 aliphatic heterocycles. The van der Waals surface area contributed by atoms with Crippen LogP contribution in [0.1, 0.15) is 24.6 Å². The van der Waals surface area contributed by atoms with Crippen LogP contribution in [0.3, 0.4) is 0 Å². The number of para-hydroxylation sites is 1. The van der Waals surface area contributed by atoms with Crippen molar-refractivity contribution in [3.63, 3.8) is 0 Å². The van der Waals surface area contributed by atoms with Gasteiger partial charge in [0.05, 0.1) is 11.2 Å². The van der Waals surface area contributed by atoms with Crippen molar-refractivity contribution < 1.29 is 4.79 Å². The van der Waals surface area contributed by atoms with Gasteiger partial charge in [0.1, 0.15) is 5.71 Å². The Hall–Kier alpha value is -3.08. The Bertz CT molecular complexity index is 947. The van der Waals surface area contributed by atoms with E-state index in [9.17, 15) is 4.79 Å². The van der Waals surface area contributed by atoms with Gasteiger partial charge in [0.2, 0.25) is 5.91 Å². The van der Waals surface area contributed by atoms with Crippen molar-refractivity contribution >= 4 is 22.5 Å². The van der Waals surface area contributed by atoms with Gasteiger partial charge in [-0.05, 0) is 30.7 Å². The van der Waals surface area contributed by atoms with Gasteiger partial charge in [-0.3, -0.25) is 14.8 Å². The fourth-order valence-corrected chi connectivity index (χ4v) is 3.07. The van der Waals surface area contributed by atoms with Crippen LogP contribution >= 0.6 is 0 Å². The SMILES string of the molecule is CC1CCN(/N=C(\c2ccccn2)c2ccnc3ccccc23)C1=O. The zero-order chi connectivity index (χ0) is 17.2. The van der Waals surface area contributed by atoms with Gasteiger partial charge in [0.25, 0.3) is 0 Å². The molecule has 25 heavy (non-hydrogen) atoms. The van der Waals surface area contributed by atoms with E-state index >= 15 is 0 Å². The van der Waals surface area contributed by atoms with E-state index in [1.165, 1.54) is 0 Å². The monoisotopic (exact) mass is 330 g/mol. The molecule has 0 N–H and O–H groups in total. The highest BCUT2D eigenvalue weighted by atomic mass is 16.2. The lowest BCUT2D eigenvalue weighted by atomic mass is 10.0. The molecule has 0 aliphatic carbocycles. The van der Waals surface area contributed by atoms with Crippen LogP contribution in [0.4, 0.5) is 0 Å². The number of carbonyl (C=O) groups is 1. The molecule has 4 rings (SSSR count). The van der Waals surface area contributed by atoms with Crippen LogP contribution in [0.25, 0.3) is 10.9 Å². The summed E-state index contributed by atoms with van der Waals surface area (Å²) < 4.78 is 0. The second kappa shape index (κ2) is 6.43. The van der Waals surface area contributed by atoms with E-state index in [4.69, 9.17) is 5.10 Å². The van der Waals surface area contributed by atoms with Crippen molar-refractivity contribution in [2.24, 2.45) is 11.0 Å². The molecular formula is C20H18N4O. The van der Waals surface area contributed by atoms with E-state index in [2.05, 4.69) is 9.97 Å². The first-order valence-electron chi connectivity index (χ1n) is 8.39. The number of carbonyl (C=O) groups excluding carboxylic acids is 1. The Kier molecular flexibility index (Phi) is 3.98. The largest absolute Gasteiger partial charge is 0.273 e. The molecule has 0 saturated carbocycles. The molecule has 0 spiro atoms. The second-order valence-electron chi connectivity index (χ2n) is 6.19. The summed E-state index contributed by atoms with van der Waals surface area (Å²) in [7, 11) is 0. The molecule has 5 nitrogen and oxygen atoms in total. The van der Waals surface area contributed by atoms with E-state index in [0.29, 0.717) is 12.3 Å². The predicted molar refractivity (Wildman–Crippen MR) is 97.1 cm³/mol. The second-order valence-corrected chi connectivity index (χ2v) is 6.19. The van der Waals surface area contributed by atoms with Gasteiger partial charge < -0.3 is 0 Å². The molecule has 1 atom stereocenters. The van der Waals surface area contributed by atoms with Gasteiger partial charge >= 0.3 is 0 Å². The van der Waals surface area contributed by atoms with Crippen LogP contribution < -0.4 is 0 Å². The third-order valence-electron chi connectivity index (χ3n) is 4.48. The van der Waals surface area contributed by atoms with Gasteiger partial charge in [0, 0.05) is 35.8 Å². The molecule has 0 bridgehead atoms. The summed E-state index contributed by atoms with van der Waals surface area (Å²) in [6.07, 6.45) is 4.34. The van der Waals surface area contributed by atoms with Gasteiger partial charge in [-0.2, -0.15) is 5.10 Å². The average molecular weight is 330 g/mol. The molecule has 124 valence electrons. The molecule has 3 aromatic rings. The first kappa shape index (κ1) is 15.4. The molecular weight excluding hydrogens is 312 g/mol. The molecule has 1 aliphatic rings. The van der Waals surface area contributed by atoms with E-state index < -0.39 is 0 Å². The summed E-state index contributed by atoms with van der Waals surface area (Å²) >= 11 is 0. The first-order chi connectivity index (χ1) is 12.2. The van der Waals surface area contributed by atoms with Crippen molar-refractivity contribution in [2.75, 3.05) is 6.54 Å². The maximum atomic E-state index is 12.4. The summed E-state index contributed by atoms with van der Waals surface area (Å²) in [5.41, 5.74) is 3.26. The molecule has 1 unspecified atom stereocenters. The lowest BCUT2D eigenvalue weighted by Crippen LogP contribution is -2.24. The average Bonchev–Trinajstić information content (AvgIpc) is 2.98. The first-order valence-corrected chi connectivity index (χ1v) is 8.39. The molecule has 3 heterocycles. The number of pyridine rings is 2. The number of benzene rings is 1. The van der Waals surface area contributed by atoms with Crippen molar-refractivity contribution in [3.05, 3.63) is 72.2 Å². The lowest BCUT2D eigenvalue weighted by molar-refractivity contribution is -0.130. The lowest BCUT2D eigenvalue weighted by Gasteiger charge is -2.14. The Morgan fingerprint density at radius 1 is 1.08 bits per heavy atom. The summed E-state index contributed by atoms with van der Waals surface area (Å²) in [6.45, 7) is 2.58. The highest BCUT2D eigenvalue weighted by molar-refractivity contribution is 6.18. The number of hydrogen-bond acceptors (Lipinski definition) is 4. The summed E-state index contributed by atoms with van der Waals surface area (Å²) in [4.78, 5) is 21.2. The van der Waals surface area contributed by atoms with E-state index in [1.54, 1.807) is 17.4 Å². The van der Waals surface area contributed by atoms with E-state index in [0.717, 1.165) is 28.6 Å². The number of hydrogen-bond donors (Lipinski definition) is 0. The van der Waals surface area contributed by atoms with Crippen LogP contribution in [0, 0.1) is 5.92 Å². The predicted octanol–water partition coefficient (Wildman–Crippen LogP) is 3.25. The quantitative estimate of drug-likeness (QED) is 0.693. The van der Waals surface area contributed by atoms with Crippen molar-refractivity contribution in [3.8, 4) is 0 Å². The van der Waals surface area contributed by atoms with Crippen LogP contribution in [0.15, 0.2) is 66.0 Å². The van der Waals surface area contributed by atoms with Gasteiger partial charge in [-0.15, -0.1) is 0 Å². The highest BCUT2D eigenvalue weighted by Crippen LogP contribution is 2.23. The molecule has 2 aromatic heterocycles. The Labute approximate surface area is 146 Å². The van der Waals surface area contributed by atoms with Crippen LogP contribution in [-0.2, 0) is 4.79 Å². The number of fused-ring (bicyclic) bond motifs is 1. The third-order valence-corrected chi connectivity index (χ3v) is 4.48. The highest BCUT2D eigenvalue weighted by Gasteiger charge is 2.28. The Balaban J connectivity index is 1.90. The molecule has 1 saturated heterocycles. The van der Waals surface area contributed by atoms with E-state index in [1.807, 2.05) is 55.5 Å². The molecule has 1 amide bonds. The minimum absolute atomic E-state index is 0.0166. The number of amides is 1. The number of nitrogens with zero attached hydrogens (tertiary/aromatic N) is 4. The van der Waals surface area contributed by atoms with Gasteiger partial charge in [-0.25, -0.2) is 5.01 Å². The zero-order valence-electron chi connectivity index (χ0n) is 14.0. The standard InChI is InChI=1S/C20H18N4O/c1-14-10-13-24(20(14)25)23-19(18-8-4-5-11-21-18)16-9-12-22-17-7-3-2-6-15(16)17/h2-9,11-12,14H,10,13H2,1H3/b23-19-. The number of hydrazone groups is 1. The van der Waals surface area contributed by atoms with Crippen molar-refractivity contribution in [1.82, 2.24) is 15.0 Å². The van der Waals surface area contributed by atoms with Crippen LogP contribution in [-0.4, -0.2) is 33.1 Å². The van der Waals surface area contributed by atoms with Gasteiger partial charge in [0.15, 0.2) is 0 Å². The number of aromatic nitrogens is 2. The summed E-state index contributed by atoms with van der Waals surface area (Å²) in [6, 6.07) is 15.6. The summed E-state index contributed by atoms with van der Waals surface area (Å²) in [5.74, 6) is 0.0784. The van der Waals surface area contributed by atoms with Crippen LogP contribution in [0.5, 0.6) is 0 Å². The fraction of sp³-hybridized carbons (Fsp3) is 0.200. The Morgan fingerprint density at radius 2 is 1.92 bits per heavy atom. The zero-order valence-corrected chi connectivity index (χ0v) is 14.0. The molecule has 5 heteroatoms. The van der Waals surface area contributed by atoms with E-state index in [-0.39, 0.29) is 11.8 Å². The summed E-state index contributed by atoms with van der Waals surface area (Å²) in [5, 5.41) is 7.28. The molecule has 1 fully saturated rings. The minimum Gasteiger partial charge on any atom is -0.273 e. The third kappa shape index (κ3) is 2.89. The van der Waals surface area contributed by atoms with Crippen LogP contribution in [0.2, 0.25) is 0 Å². The number of rotatable bonds is 3. The fourth-order valence-electron chi connectivity index (χ4n) is 3.07. The smallest absolute Gasteiger partial charge is 0.245 e. The minimum atomic E-state index is 0.0166. The van der Waals surface area contributed by atoms with Crippen molar-refractivity contribution in [2.45, 2.75) is 13.3 Å². The molecule has 1 aromatic carbocycles. The van der Waals surface area contributed by atoms with Gasteiger partial charge in [-0.1, -0.05) is 31.2 Å². The maximum absolute atomic E-state index is 12.4. The molecule has 0 radical (unpaired) electrons. The van der Waals surface area contributed by atoms with Crippen molar-refractivity contribution in [1.29, 1.82) is 0 Å². The normalized spacial score (nSPS) is 18.1. The maximum Gasteiger partial charge on any atom is 0.245 e. The Morgan fingerprint density at radius 3 is 2.68 bits per heavy atom.